The minimum absolute atomic E-state index is 0.137. The van der Waals surface area contributed by atoms with Crippen LogP contribution in [0.3, 0.4) is 0 Å². The van der Waals surface area contributed by atoms with Gasteiger partial charge in [0.25, 0.3) is 0 Å². The van der Waals surface area contributed by atoms with E-state index in [1.165, 1.54) is 25.0 Å². The van der Waals surface area contributed by atoms with Gasteiger partial charge >= 0.3 is 6.18 Å². The molecule has 1 aromatic carbocycles. The van der Waals surface area contributed by atoms with Crippen molar-refractivity contribution in [3.8, 4) is 0 Å². The van der Waals surface area contributed by atoms with Crippen LogP contribution in [0.1, 0.15) is 30.1 Å². The Hall–Kier alpha value is -1.07. The second kappa shape index (κ2) is 4.80. The van der Waals surface area contributed by atoms with E-state index in [2.05, 4.69) is 5.32 Å². The van der Waals surface area contributed by atoms with Gasteiger partial charge in [0.15, 0.2) is 0 Å². The molecule has 1 aromatic rings. The molecular formula is C14H16F3NO. The Balaban J connectivity index is 1.71. The molecule has 1 N–H and O–H groups in total. The maximum absolute atomic E-state index is 12.5. The van der Waals surface area contributed by atoms with Crippen LogP contribution in [0.25, 0.3) is 0 Å². The van der Waals surface area contributed by atoms with E-state index in [-0.39, 0.29) is 12.2 Å². The van der Waals surface area contributed by atoms with Gasteiger partial charge in [-0.25, -0.2) is 0 Å². The Bertz CT molecular complexity index is 439. The summed E-state index contributed by atoms with van der Waals surface area (Å²) in [5.74, 6) is 0.629. The summed E-state index contributed by atoms with van der Waals surface area (Å²) in [5.41, 5.74) is 0.199. The van der Waals surface area contributed by atoms with Gasteiger partial charge in [0.2, 0.25) is 0 Å². The lowest BCUT2D eigenvalue weighted by molar-refractivity contribution is -0.137. The fourth-order valence-corrected chi connectivity index (χ4v) is 2.49. The Morgan fingerprint density at radius 1 is 1.05 bits per heavy atom. The molecule has 1 saturated heterocycles. The van der Waals surface area contributed by atoms with Crippen LogP contribution in [0, 0.1) is 5.92 Å². The van der Waals surface area contributed by atoms with Gasteiger partial charge < -0.3 is 10.1 Å². The third kappa shape index (κ3) is 2.92. The molecule has 104 valence electrons. The molecule has 3 rings (SSSR count). The van der Waals surface area contributed by atoms with Crippen LogP contribution in [0.15, 0.2) is 24.3 Å². The number of alkyl halides is 3. The van der Waals surface area contributed by atoms with Crippen molar-refractivity contribution < 1.29 is 17.9 Å². The van der Waals surface area contributed by atoms with Gasteiger partial charge in [0.05, 0.1) is 17.8 Å². The third-order valence-corrected chi connectivity index (χ3v) is 3.77. The summed E-state index contributed by atoms with van der Waals surface area (Å²) in [4.78, 5) is 0. The van der Waals surface area contributed by atoms with Crippen LogP contribution >= 0.6 is 0 Å². The number of halogens is 3. The molecule has 2 aliphatic rings. The van der Waals surface area contributed by atoms with Crippen LogP contribution in [0.4, 0.5) is 13.2 Å². The number of ether oxygens (including phenoxy) is 1. The SMILES string of the molecule is FC(F)(F)c1ccc(C2CNCC(C3CC3)O2)cc1. The van der Waals surface area contributed by atoms with Crippen molar-refractivity contribution in [3.05, 3.63) is 35.4 Å². The molecular weight excluding hydrogens is 255 g/mol. The van der Waals surface area contributed by atoms with Crippen LogP contribution < -0.4 is 5.32 Å². The summed E-state index contributed by atoms with van der Waals surface area (Å²) in [5, 5.41) is 3.30. The smallest absolute Gasteiger partial charge is 0.367 e. The van der Waals surface area contributed by atoms with Crippen molar-refractivity contribution in [1.29, 1.82) is 0 Å². The normalized spacial score (nSPS) is 28.4. The minimum Gasteiger partial charge on any atom is -0.367 e. The highest BCUT2D eigenvalue weighted by Crippen LogP contribution is 2.38. The highest BCUT2D eigenvalue weighted by molar-refractivity contribution is 5.26. The zero-order chi connectivity index (χ0) is 13.5. The van der Waals surface area contributed by atoms with Crippen molar-refractivity contribution >= 4 is 0 Å². The van der Waals surface area contributed by atoms with E-state index in [0.29, 0.717) is 12.5 Å². The van der Waals surface area contributed by atoms with Crippen LogP contribution in [0.5, 0.6) is 0 Å². The van der Waals surface area contributed by atoms with E-state index in [0.717, 1.165) is 24.2 Å². The zero-order valence-corrected chi connectivity index (χ0v) is 10.4. The predicted molar refractivity (Wildman–Crippen MR) is 64.7 cm³/mol. The molecule has 0 spiro atoms. The first-order valence-corrected chi connectivity index (χ1v) is 6.57. The average Bonchev–Trinajstić information content (AvgIpc) is 3.22. The number of nitrogens with one attached hydrogen (secondary N) is 1. The zero-order valence-electron chi connectivity index (χ0n) is 10.4. The van der Waals surface area contributed by atoms with E-state index in [4.69, 9.17) is 4.74 Å². The highest BCUT2D eigenvalue weighted by Gasteiger charge is 2.36. The van der Waals surface area contributed by atoms with Crippen molar-refractivity contribution in [2.24, 2.45) is 5.92 Å². The Morgan fingerprint density at radius 2 is 1.74 bits per heavy atom. The van der Waals surface area contributed by atoms with E-state index >= 15 is 0 Å². The molecule has 1 aliphatic carbocycles. The summed E-state index contributed by atoms with van der Waals surface area (Å²) < 4.78 is 43.5. The maximum atomic E-state index is 12.5. The van der Waals surface area contributed by atoms with Gasteiger partial charge in [-0.2, -0.15) is 13.2 Å². The van der Waals surface area contributed by atoms with Crippen LogP contribution in [-0.2, 0) is 10.9 Å². The standard InChI is InChI=1S/C14H16F3NO/c15-14(16,17)11-5-3-10(4-6-11)13-8-18-7-12(19-13)9-1-2-9/h3-6,9,12-13,18H,1-2,7-8H2. The van der Waals surface area contributed by atoms with Crippen molar-refractivity contribution in [3.63, 3.8) is 0 Å². The summed E-state index contributed by atoms with van der Waals surface area (Å²) in [6, 6.07) is 5.29. The van der Waals surface area contributed by atoms with E-state index in [1.807, 2.05) is 0 Å². The molecule has 19 heavy (non-hydrogen) atoms. The lowest BCUT2D eigenvalue weighted by Crippen LogP contribution is -2.41. The predicted octanol–water partition coefficient (Wildman–Crippen LogP) is 3.14. The molecule has 0 amide bonds. The van der Waals surface area contributed by atoms with Gasteiger partial charge in [-0.3, -0.25) is 0 Å². The van der Waals surface area contributed by atoms with Crippen molar-refractivity contribution in [2.75, 3.05) is 13.1 Å². The fraction of sp³-hybridized carbons (Fsp3) is 0.571. The molecule has 0 bridgehead atoms. The average molecular weight is 271 g/mol. The Kier molecular flexibility index (Phi) is 3.27. The largest absolute Gasteiger partial charge is 0.416 e. The first-order valence-electron chi connectivity index (χ1n) is 6.57. The van der Waals surface area contributed by atoms with Crippen LogP contribution in [-0.4, -0.2) is 19.2 Å². The Morgan fingerprint density at radius 3 is 2.32 bits per heavy atom. The van der Waals surface area contributed by atoms with E-state index in [1.54, 1.807) is 0 Å². The summed E-state index contributed by atoms with van der Waals surface area (Å²) in [6.45, 7) is 1.51. The number of hydrogen-bond donors (Lipinski definition) is 1. The summed E-state index contributed by atoms with van der Waals surface area (Å²) >= 11 is 0. The minimum atomic E-state index is -4.28. The quantitative estimate of drug-likeness (QED) is 0.892. The molecule has 1 heterocycles. The maximum Gasteiger partial charge on any atom is 0.416 e. The first kappa shape index (κ1) is 12.9. The molecule has 5 heteroatoms. The fourth-order valence-electron chi connectivity index (χ4n) is 2.49. The number of benzene rings is 1. The van der Waals surface area contributed by atoms with E-state index < -0.39 is 11.7 Å². The molecule has 2 nitrogen and oxygen atoms in total. The lowest BCUT2D eigenvalue weighted by Gasteiger charge is -2.31. The number of hydrogen-bond acceptors (Lipinski definition) is 2. The molecule has 0 aromatic heterocycles. The monoisotopic (exact) mass is 271 g/mol. The molecule has 2 atom stereocenters. The molecule has 0 radical (unpaired) electrons. The molecule has 2 unspecified atom stereocenters. The van der Waals surface area contributed by atoms with Gasteiger partial charge in [-0.1, -0.05) is 12.1 Å². The summed E-state index contributed by atoms with van der Waals surface area (Å²) in [7, 11) is 0. The van der Waals surface area contributed by atoms with Gasteiger partial charge in [0.1, 0.15) is 0 Å². The molecule has 1 saturated carbocycles. The molecule has 1 aliphatic heterocycles. The van der Waals surface area contributed by atoms with Gasteiger partial charge in [-0.15, -0.1) is 0 Å². The topological polar surface area (TPSA) is 21.3 Å². The summed E-state index contributed by atoms with van der Waals surface area (Å²) in [6.07, 6.45) is -1.80. The third-order valence-electron chi connectivity index (χ3n) is 3.77. The highest BCUT2D eigenvalue weighted by atomic mass is 19.4. The lowest BCUT2D eigenvalue weighted by atomic mass is 10.0. The van der Waals surface area contributed by atoms with Crippen molar-refractivity contribution in [2.45, 2.75) is 31.2 Å². The second-order valence-electron chi connectivity index (χ2n) is 5.28. The van der Waals surface area contributed by atoms with Crippen molar-refractivity contribution in [1.82, 2.24) is 5.32 Å². The number of morpholine rings is 1. The second-order valence-corrected chi connectivity index (χ2v) is 5.28. The molecule has 2 fully saturated rings. The van der Waals surface area contributed by atoms with E-state index in [9.17, 15) is 13.2 Å². The Labute approximate surface area is 109 Å². The van der Waals surface area contributed by atoms with Crippen LogP contribution in [0.2, 0.25) is 0 Å². The first-order chi connectivity index (χ1) is 9.04. The van der Waals surface area contributed by atoms with Gasteiger partial charge in [-0.05, 0) is 36.5 Å². The number of rotatable bonds is 2. The van der Waals surface area contributed by atoms with Gasteiger partial charge in [0, 0.05) is 13.1 Å².